The number of nitrogens with zero attached hydrogens (tertiary/aromatic N) is 1. The number of benzene rings is 1. The molecule has 2 N–H and O–H groups in total. The number of hydrogen-bond donors (Lipinski definition) is 2. The normalized spacial score (nSPS) is 14.3. The molecule has 1 aromatic rings. The van der Waals surface area contributed by atoms with Gasteiger partial charge in [0, 0.05) is 30.8 Å². The maximum absolute atomic E-state index is 12.2. The summed E-state index contributed by atoms with van der Waals surface area (Å²) in [5.41, 5.74) is 2.68. The molecule has 4 heteroatoms. The van der Waals surface area contributed by atoms with Gasteiger partial charge < -0.3 is 15.3 Å². The molecule has 0 saturated carbocycles. The molecule has 0 spiro atoms. The second kappa shape index (κ2) is 7.70. The predicted octanol–water partition coefficient (Wildman–Crippen LogP) is 2.75. The van der Waals surface area contributed by atoms with Gasteiger partial charge in [-0.1, -0.05) is 17.9 Å². The minimum Gasteiger partial charge on any atom is -0.395 e. The van der Waals surface area contributed by atoms with Crippen LogP contribution in [0.15, 0.2) is 18.2 Å². The van der Waals surface area contributed by atoms with E-state index in [0.717, 1.165) is 42.7 Å². The highest BCUT2D eigenvalue weighted by Gasteiger charge is 2.16. The van der Waals surface area contributed by atoms with Gasteiger partial charge in [-0.25, -0.2) is 4.79 Å². The molecular formula is C17H22N2O2. The SMILES string of the molecule is Cc1ccc(C#CCCO)cc1NC(=O)N1CCCCC1. The number of likely N-dealkylation sites (tertiary alicyclic amines) is 1. The van der Waals surface area contributed by atoms with Crippen molar-refractivity contribution in [1.29, 1.82) is 0 Å². The van der Waals surface area contributed by atoms with Crippen LogP contribution in [0.3, 0.4) is 0 Å². The third-order valence-corrected chi connectivity index (χ3v) is 3.59. The largest absolute Gasteiger partial charge is 0.395 e. The summed E-state index contributed by atoms with van der Waals surface area (Å²) in [4.78, 5) is 14.1. The fourth-order valence-electron chi connectivity index (χ4n) is 2.35. The van der Waals surface area contributed by atoms with Crippen molar-refractivity contribution in [3.63, 3.8) is 0 Å². The number of anilines is 1. The van der Waals surface area contributed by atoms with Crippen LogP contribution in [0.1, 0.15) is 36.8 Å². The van der Waals surface area contributed by atoms with E-state index in [1.165, 1.54) is 6.42 Å². The Balaban J connectivity index is 2.06. The molecule has 0 radical (unpaired) electrons. The van der Waals surface area contributed by atoms with Crippen molar-refractivity contribution < 1.29 is 9.90 Å². The number of rotatable bonds is 2. The molecule has 0 aliphatic carbocycles. The molecule has 112 valence electrons. The van der Waals surface area contributed by atoms with E-state index in [2.05, 4.69) is 17.2 Å². The van der Waals surface area contributed by atoms with Gasteiger partial charge in [0.2, 0.25) is 0 Å². The van der Waals surface area contributed by atoms with Gasteiger partial charge >= 0.3 is 6.03 Å². The monoisotopic (exact) mass is 286 g/mol. The number of urea groups is 1. The maximum atomic E-state index is 12.2. The molecule has 2 amide bonds. The lowest BCUT2D eigenvalue weighted by Crippen LogP contribution is -2.38. The summed E-state index contributed by atoms with van der Waals surface area (Å²) in [6, 6.07) is 5.74. The van der Waals surface area contributed by atoms with Gasteiger partial charge in [0.1, 0.15) is 0 Å². The number of amides is 2. The summed E-state index contributed by atoms with van der Waals surface area (Å²) < 4.78 is 0. The van der Waals surface area contributed by atoms with E-state index >= 15 is 0 Å². The number of aryl methyl sites for hydroxylation is 1. The fourth-order valence-corrected chi connectivity index (χ4v) is 2.35. The minimum atomic E-state index is -0.0294. The Morgan fingerprint density at radius 1 is 1.33 bits per heavy atom. The highest BCUT2D eigenvalue weighted by atomic mass is 16.2. The van der Waals surface area contributed by atoms with Gasteiger partial charge in [-0.3, -0.25) is 0 Å². The molecule has 2 rings (SSSR count). The quantitative estimate of drug-likeness (QED) is 0.821. The van der Waals surface area contributed by atoms with E-state index in [0.29, 0.717) is 6.42 Å². The van der Waals surface area contributed by atoms with E-state index < -0.39 is 0 Å². The fraction of sp³-hybridized carbons (Fsp3) is 0.471. The molecule has 1 aromatic carbocycles. The Hall–Kier alpha value is -1.99. The summed E-state index contributed by atoms with van der Waals surface area (Å²) in [7, 11) is 0. The average Bonchev–Trinajstić information content (AvgIpc) is 2.51. The lowest BCUT2D eigenvalue weighted by atomic mass is 10.1. The Kier molecular flexibility index (Phi) is 5.65. The van der Waals surface area contributed by atoms with Gasteiger partial charge in [0.25, 0.3) is 0 Å². The van der Waals surface area contributed by atoms with Gasteiger partial charge in [0.05, 0.1) is 6.61 Å². The summed E-state index contributed by atoms with van der Waals surface area (Å²) in [6.07, 6.45) is 3.83. The van der Waals surface area contributed by atoms with Crippen LogP contribution >= 0.6 is 0 Å². The third-order valence-electron chi connectivity index (χ3n) is 3.59. The third kappa shape index (κ3) is 4.51. The molecule has 0 unspecified atom stereocenters. The minimum absolute atomic E-state index is 0.0294. The zero-order chi connectivity index (χ0) is 15.1. The summed E-state index contributed by atoms with van der Waals surface area (Å²) in [5.74, 6) is 5.88. The molecule has 0 bridgehead atoms. The van der Waals surface area contributed by atoms with Crippen molar-refractivity contribution in [2.45, 2.75) is 32.6 Å². The molecule has 0 aromatic heterocycles. The van der Waals surface area contributed by atoms with E-state index in [9.17, 15) is 4.79 Å². The van der Waals surface area contributed by atoms with Crippen LogP contribution in [0, 0.1) is 18.8 Å². The first-order valence-electron chi connectivity index (χ1n) is 7.47. The van der Waals surface area contributed by atoms with Crippen molar-refractivity contribution in [2.24, 2.45) is 0 Å². The standard InChI is InChI=1S/C17H22N2O2/c1-14-8-9-15(7-3-6-12-20)13-16(14)18-17(21)19-10-4-2-5-11-19/h8-9,13,20H,2,4-6,10-12H2,1H3,(H,18,21). The Labute approximate surface area is 126 Å². The zero-order valence-electron chi connectivity index (χ0n) is 12.5. The summed E-state index contributed by atoms with van der Waals surface area (Å²) in [5, 5.41) is 11.7. The van der Waals surface area contributed by atoms with Gasteiger partial charge in [-0.05, 0) is 43.9 Å². The highest BCUT2D eigenvalue weighted by molar-refractivity contribution is 5.90. The first-order valence-corrected chi connectivity index (χ1v) is 7.47. The lowest BCUT2D eigenvalue weighted by molar-refractivity contribution is 0.200. The van der Waals surface area contributed by atoms with E-state index in [1.54, 1.807) is 0 Å². The summed E-state index contributed by atoms with van der Waals surface area (Å²) >= 11 is 0. The number of piperidine rings is 1. The van der Waals surface area contributed by atoms with Crippen LogP contribution in [0.2, 0.25) is 0 Å². The first kappa shape index (κ1) is 15.4. The molecule has 1 heterocycles. The lowest BCUT2D eigenvalue weighted by Gasteiger charge is -2.27. The number of hydrogen-bond acceptors (Lipinski definition) is 2. The average molecular weight is 286 g/mol. The van der Waals surface area contributed by atoms with Crippen LogP contribution in [-0.4, -0.2) is 35.7 Å². The second-order valence-corrected chi connectivity index (χ2v) is 5.28. The molecule has 4 nitrogen and oxygen atoms in total. The van der Waals surface area contributed by atoms with Crippen molar-refractivity contribution in [2.75, 3.05) is 25.0 Å². The van der Waals surface area contributed by atoms with Crippen LogP contribution < -0.4 is 5.32 Å². The topological polar surface area (TPSA) is 52.6 Å². The Morgan fingerprint density at radius 2 is 2.10 bits per heavy atom. The summed E-state index contributed by atoms with van der Waals surface area (Å²) in [6.45, 7) is 3.70. The number of carbonyl (C=O) groups excluding carboxylic acids is 1. The van der Waals surface area contributed by atoms with Gasteiger partial charge in [-0.2, -0.15) is 0 Å². The van der Waals surface area contributed by atoms with E-state index in [4.69, 9.17) is 5.11 Å². The van der Waals surface area contributed by atoms with Gasteiger partial charge in [-0.15, -0.1) is 0 Å². The number of aliphatic hydroxyl groups is 1. The van der Waals surface area contributed by atoms with E-state index in [1.807, 2.05) is 30.0 Å². The van der Waals surface area contributed by atoms with E-state index in [-0.39, 0.29) is 12.6 Å². The maximum Gasteiger partial charge on any atom is 0.321 e. The van der Waals surface area contributed by atoms with Gasteiger partial charge in [0.15, 0.2) is 0 Å². The van der Waals surface area contributed by atoms with Crippen LogP contribution in [0.5, 0.6) is 0 Å². The number of carbonyl (C=O) groups is 1. The van der Waals surface area contributed by atoms with Crippen molar-refractivity contribution in [3.8, 4) is 11.8 Å². The highest BCUT2D eigenvalue weighted by Crippen LogP contribution is 2.18. The smallest absolute Gasteiger partial charge is 0.321 e. The Morgan fingerprint density at radius 3 is 2.81 bits per heavy atom. The molecular weight excluding hydrogens is 264 g/mol. The number of nitrogens with one attached hydrogen (secondary N) is 1. The molecule has 0 atom stereocenters. The second-order valence-electron chi connectivity index (χ2n) is 5.28. The molecule has 21 heavy (non-hydrogen) atoms. The van der Waals surface area contributed by atoms with Crippen molar-refractivity contribution >= 4 is 11.7 Å². The molecule has 1 fully saturated rings. The van der Waals surface area contributed by atoms with Crippen molar-refractivity contribution in [1.82, 2.24) is 4.90 Å². The molecule has 1 aliphatic rings. The number of aliphatic hydroxyl groups excluding tert-OH is 1. The Bertz CT molecular complexity index is 552. The predicted molar refractivity (Wildman–Crippen MR) is 84.2 cm³/mol. The zero-order valence-corrected chi connectivity index (χ0v) is 12.5. The molecule has 1 saturated heterocycles. The van der Waals surface area contributed by atoms with Crippen LogP contribution in [-0.2, 0) is 0 Å². The van der Waals surface area contributed by atoms with Crippen LogP contribution in [0.25, 0.3) is 0 Å². The first-order chi connectivity index (χ1) is 10.2. The van der Waals surface area contributed by atoms with Crippen LogP contribution in [0.4, 0.5) is 10.5 Å². The van der Waals surface area contributed by atoms with Crippen molar-refractivity contribution in [3.05, 3.63) is 29.3 Å². The molecule has 1 aliphatic heterocycles.